The fourth-order valence-electron chi connectivity index (χ4n) is 1.29. The van der Waals surface area contributed by atoms with E-state index in [4.69, 9.17) is 14.2 Å². The van der Waals surface area contributed by atoms with Gasteiger partial charge in [-0.2, -0.15) is 16.8 Å². The van der Waals surface area contributed by atoms with Gasteiger partial charge in [0, 0.05) is 11.8 Å². The second-order valence-electron chi connectivity index (χ2n) is 4.88. The summed E-state index contributed by atoms with van der Waals surface area (Å²) in [5.74, 6) is 0. The largest absolute Gasteiger partial charge is 0.394 e. The van der Waals surface area contributed by atoms with Crippen molar-refractivity contribution in [3.8, 4) is 0 Å². The standard InChI is InChI=1S/C11H15NO7S2/c1-11(2,7-13)12-6-8-3-4-9(20(14,15)16)5-10(8)21(17,18)19/h3-6,13H,7H2,1-2H3,(H,14,15,16)(H,17,18,19). The van der Waals surface area contributed by atoms with Crippen LogP contribution >= 0.6 is 0 Å². The van der Waals surface area contributed by atoms with E-state index in [-0.39, 0.29) is 12.2 Å². The fourth-order valence-corrected chi connectivity index (χ4v) is 2.57. The summed E-state index contributed by atoms with van der Waals surface area (Å²) in [4.78, 5) is 2.56. The first-order valence-corrected chi connectivity index (χ1v) is 8.50. The van der Waals surface area contributed by atoms with Crippen molar-refractivity contribution in [2.45, 2.75) is 29.2 Å². The molecule has 118 valence electrons. The summed E-state index contributed by atoms with van der Waals surface area (Å²) in [5, 5.41) is 9.06. The van der Waals surface area contributed by atoms with Crippen LogP contribution in [0.1, 0.15) is 19.4 Å². The van der Waals surface area contributed by atoms with Crippen LogP contribution in [0.15, 0.2) is 33.0 Å². The third kappa shape index (κ3) is 4.86. The molecule has 0 aliphatic heterocycles. The summed E-state index contributed by atoms with van der Waals surface area (Å²) in [6.45, 7) is 2.88. The van der Waals surface area contributed by atoms with Gasteiger partial charge in [0.05, 0.1) is 17.0 Å². The van der Waals surface area contributed by atoms with Gasteiger partial charge in [-0.3, -0.25) is 14.1 Å². The lowest BCUT2D eigenvalue weighted by molar-refractivity contribution is 0.223. The van der Waals surface area contributed by atoms with Crippen molar-refractivity contribution in [2.75, 3.05) is 6.61 Å². The molecule has 0 fully saturated rings. The molecule has 8 nitrogen and oxygen atoms in total. The van der Waals surface area contributed by atoms with Crippen LogP contribution in [0.25, 0.3) is 0 Å². The number of aliphatic hydroxyl groups excluding tert-OH is 1. The van der Waals surface area contributed by atoms with Gasteiger partial charge >= 0.3 is 0 Å². The Morgan fingerprint density at radius 2 is 1.71 bits per heavy atom. The Kier molecular flexibility index (Phi) is 4.90. The molecule has 21 heavy (non-hydrogen) atoms. The second-order valence-corrected chi connectivity index (χ2v) is 7.69. The molecular weight excluding hydrogens is 322 g/mol. The second kappa shape index (κ2) is 5.81. The molecule has 0 aliphatic rings. The summed E-state index contributed by atoms with van der Waals surface area (Å²) in [7, 11) is -9.33. The lowest BCUT2D eigenvalue weighted by atomic mass is 10.1. The van der Waals surface area contributed by atoms with Crippen LogP contribution in [0.5, 0.6) is 0 Å². The highest BCUT2D eigenvalue weighted by Crippen LogP contribution is 2.20. The summed E-state index contributed by atoms with van der Waals surface area (Å²) < 4.78 is 62.6. The Hall–Kier alpha value is -1.33. The Morgan fingerprint density at radius 1 is 1.14 bits per heavy atom. The molecule has 1 aromatic rings. The highest BCUT2D eigenvalue weighted by atomic mass is 32.2. The van der Waals surface area contributed by atoms with Crippen molar-refractivity contribution < 1.29 is 31.0 Å². The first-order chi connectivity index (χ1) is 9.37. The number of rotatable bonds is 5. The number of hydrogen-bond acceptors (Lipinski definition) is 6. The Bertz CT molecular complexity index is 764. The third-order valence-corrected chi connectivity index (χ3v) is 4.26. The zero-order chi connectivity index (χ0) is 16.5. The first kappa shape index (κ1) is 17.7. The van der Waals surface area contributed by atoms with Crippen LogP contribution in [-0.4, -0.2) is 49.4 Å². The maximum Gasteiger partial charge on any atom is 0.295 e. The quantitative estimate of drug-likeness (QED) is 0.520. The van der Waals surface area contributed by atoms with E-state index >= 15 is 0 Å². The van der Waals surface area contributed by atoms with E-state index in [1.807, 2.05) is 0 Å². The first-order valence-electron chi connectivity index (χ1n) is 5.62. The molecule has 0 spiro atoms. The zero-order valence-corrected chi connectivity index (χ0v) is 12.9. The van der Waals surface area contributed by atoms with Crippen LogP contribution in [0.4, 0.5) is 0 Å². The van der Waals surface area contributed by atoms with Gasteiger partial charge in [-0.25, -0.2) is 0 Å². The molecule has 0 heterocycles. The van der Waals surface area contributed by atoms with Crippen molar-refractivity contribution in [1.29, 1.82) is 0 Å². The molecule has 0 saturated heterocycles. The van der Waals surface area contributed by atoms with E-state index in [0.717, 1.165) is 18.3 Å². The normalized spacial score (nSPS) is 13.8. The highest BCUT2D eigenvalue weighted by Gasteiger charge is 2.20. The SMILES string of the molecule is CC(C)(CO)N=Cc1ccc(S(=O)(=O)O)cc1S(=O)(=O)O. The number of benzene rings is 1. The highest BCUT2D eigenvalue weighted by molar-refractivity contribution is 7.86. The van der Waals surface area contributed by atoms with Gasteiger partial charge in [0.15, 0.2) is 0 Å². The van der Waals surface area contributed by atoms with Crippen LogP contribution in [-0.2, 0) is 20.2 Å². The number of aliphatic imine (C=N–C) groups is 1. The van der Waals surface area contributed by atoms with Crippen LogP contribution < -0.4 is 0 Å². The maximum absolute atomic E-state index is 11.3. The molecule has 0 atom stereocenters. The molecule has 0 radical (unpaired) electrons. The maximum atomic E-state index is 11.3. The topological polar surface area (TPSA) is 141 Å². The Morgan fingerprint density at radius 3 is 2.14 bits per heavy atom. The summed E-state index contributed by atoms with van der Waals surface area (Å²) in [6, 6.07) is 2.67. The zero-order valence-electron chi connectivity index (χ0n) is 11.3. The molecule has 3 N–H and O–H groups in total. The Labute approximate surface area is 122 Å². The van der Waals surface area contributed by atoms with E-state index in [0.29, 0.717) is 6.07 Å². The average Bonchev–Trinajstić information content (AvgIpc) is 2.34. The molecule has 1 rings (SSSR count). The minimum absolute atomic E-state index is 0.0774. The van der Waals surface area contributed by atoms with Crippen molar-refractivity contribution in [1.82, 2.24) is 0 Å². The summed E-state index contributed by atoms with van der Waals surface area (Å²) >= 11 is 0. The minimum atomic E-state index is -4.72. The molecule has 0 aromatic heterocycles. The molecule has 0 amide bonds. The fraction of sp³-hybridized carbons (Fsp3) is 0.364. The molecule has 1 aromatic carbocycles. The van der Waals surface area contributed by atoms with E-state index in [1.165, 1.54) is 0 Å². The van der Waals surface area contributed by atoms with E-state index in [2.05, 4.69) is 4.99 Å². The molecule has 0 bridgehead atoms. The van der Waals surface area contributed by atoms with Gasteiger partial charge in [-0.1, -0.05) is 6.07 Å². The predicted molar refractivity (Wildman–Crippen MR) is 74.8 cm³/mol. The van der Waals surface area contributed by atoms with Crippen molar-refractivity contribution in [3.05, 3.63) is 23.8 Å². The van der Waals surface area contributed by atoms with Gasteiger partial charge in [0.1, 0.15) is 4.90 Å². The molecule has 0 unspecified atom stereocenters. The molecule has 0 aliphatic carbocycles. The van der Waals surface area contributed by atoms with Crippen LogP contribution in [0, 0.1) is 0 Å². The van der Waals surface area contributed by atoms with Gasteiger partial charge < -0.3 is 5.11 Å². The lowest BCUT2D eigenvalue weighted by Crippen LogP contribution is -2.22. The minimum Gasteiger partial charge on any atom is -0.394 e. The van der Waals surface area contributed by atoms with Gasteiger partial charge in [-0.15, -0.1) is 0 Å². The third-order valence-electron chi connectivity index (χ3n) is 2.50. The average molecular weight is 337 g/mol. The van der Waals surface area contributed by atoms with E-state index in [9.17, 15) is 16.8 Å². The van der Waals surface area contributed by atoms with Crippen molar-refractivity contribution in [3.63, 3.8) is 0 Å². The van der Waals surface area contributed by atoms with Gasteiger partial charge in [0.25, 0.3) is 20.2 Å². The van der Waals surface area contributed by atoms with Crippen LogP contribution in [0.3, 0.4) is 0 Å². The van der Waals surface area contributed by atoms with Crippen LogP contribution in [0.2, 0.25) is 0 Å². The predicted octanol–water partition coefficient (Wildman–Crippen LogP) is 0.370. The monoisotopic (exact) mass is 337 g/mol. The van der Waals surface area contributed by atoms with E-state index < -0.39 is 35.6 Å². The smallest absolute Gasteiger partial charge is 0.295 e. The molecular formula is C11H15NO7S2. The Balaban J connectivity index is 3.48. The number of nitrogens with zero attached hydrogens (tertiary/aromatic N) is 1. The summed E-state index contributed by atoms with van der Waals surface area (Å²) in [6.07, 6.45) is 1.09. The lowest BCUT2D eigenvalue weighted by Gasteiger charge is -2.15. The number of aliphatic hydroxyl groups is 1. The van der Waals surface area contributed by atoms with Crippen molar-refractivity contribution >= 4 is 26.5 Å². The summed E-state index contributed by atoms with van der Waals surface area (Å²) in [5.41, 5.74) is -0.954. The van der Waals surface area contributed by atoms with E-state index in [1.54, 1.807) is 13.8 Å². The number of hydrogen-bond donors (Lipinski definition) is 3. The van der Waals surface area contributed by atoms with Gasteiger partial charge in [0.2, 0.25) is 0 Å². The van der Waals surface area contributed by atoms with Crippen molar-refractivity contribution in [2.24, 2.45) is 4.99 Å². The van der Waals surface area contributed by atoms with Gasteiger partial charge in [-0.05, 0) is 26.0 Å². The molecule has 10 heteroatoms. The molecule has 0 saturated carbocycles.